The molecule has 0 unspecified atom stereocenters. The van der Waals surface area contributed by atoms with Crippen molar-refractivity contribution in [1.29, 1.82) is 0 Å². The molecular formula is C44H44ClN5O7. The molecule has 0 bridgehead atoms. The summed E-state index contributed by atoms with van der Waals surface area (Å²) in [5.41, 5.74) is 4.20. The number of carbonyl (C=O) groups is 4. The Morgan fingerprint density at radius 3 is 2.40 bits per heavy atom. The van der Waals surface area contributed by atoms with E-state index in [1.54, 1.807) is 30.6 Å². The van der Waals surface area contributed by atoms with Gasteiger partial charge in [-0.1, -0.05) is 60.8 Å². The number of carbonyl (C=O) groups excluding carboxylic acids is 4. The minimum atomic E-state index is -1.09. The fraction of sp³-hybridized carbons (Fsp3) is 0.318. The summed E-state index contributed by atoms with van der Waals surface area (Å²) in [6.45, 7) is 1.70. The van der Waals surface area contributed by atoms with Crippen LogP contribution in [0, 0.1) is 0 Å². The maximum absolute atomic E-state index is 13.9. The molecule has 2 aromatic heterocycles. The first-order valence-electron chi connectivity index (χ1n) is 19.2. The SMILES string of the molecule is CCOc1cc(NC(=O)C2(NC(=O)c3ccc4c(C5CCCC5)c(-c5ncc(Cl)cn5)n(C)c4c3)CCC2)ccc1/C=C/C(=O)OCC(=O)OCc1ccccc1. The minimum Gasteiger partial charge on any atom is -0.493 e. The highest BCUT2D eigenvalue weighted by Crippen LogP contribution is 2.44. The summed E-state index contributed by atoms with van der Waals surface area (Å²) < 4.78 is 18.1. The number of esters is 2. The van der Waals surface area contributed by atoms with Gasteiger partial charge in [0.05, 0.1) is 17.3 Å². The number of fused-ring (bicyclic) bond motifs is 1. The van der Waals surface area contributed by atoms with Gasteiger partial charge >= 0.3 is 11.9 Å². The van der Waals surface area contributed by atoms with Crippen molar-refractivity contribution in [2.45, 2.75) is 69.9 Å². The summed E-state index contributed by atoms with van der Waals surface area (Å²) in [6.07, 6.45) is 12.1. The molecule has 3 aromatic carbocycles. The van der Waals surface area contributed by atoms with E-state index < -0.39 is 24.1 Å². The van der Waals surface area contributed by atoms with Crippen molar-refractivity contribution >= 4 is 58.0 Å². The summed E-state index contributed by atoms with van der Waals surface area (Å²) >= 11 is 6.12. The van der Waals surface area contributed by atoms with Gasteiger partial charge in [-0.15, -0.1) is 0 Å². The van der Waals surface area contributed by atoms with Crippen molar-refractivity contribution in [3.8, 4) is 17.3 Å². The molecule has 2 heterocycles. The quantitative estimate of drug-likeness (QED) is 0.0844. The summed E-state index contributed by atoms with van der Waals surface area (Å²) in [5.74, 6) is -0.699. The number of halogens is 1. The highest BCUT2D eigenvalue weighted by Gasteiger charge is 2.45. The molecule has 5 aromatic rings. The minimum absolute atomic E-state index is 0.0795. The van der Waals surface area contributed by atoms with Gasteiger partial charge in [-0.3, -0.25) is 9.59 Å². The molecule has 13 heteroatoms. The van der Waals surface area contributed by atoms with Crippen LogP contribution >= 0.6 is 11.6 Å². The van der Waals surface area contributed by atoms with Gasteiger partial charge in [-0.05, 0) is 86.4 Å². The monoisotopic (exact) mass is 789 g/mol. The van der Waals surface area contributed by atoms with Crippen LogP contribution in [-0.2, 0) is 37.5 Å². The number of aryl methyl sites for hydroxylation is 1. The molecule has 2 aliphatic rings. The van der Waals surface area contributed by atoms with Crippen molar-refractivity contribution in [2.24, 2.45) is 7.05 Å². The van der Waals surface area contributed by atoms with E-state index in [1.165, 1.54) is 17.7 Å². The van der Waals surface area contributed by atoms with E-state index in [1.807, 2.05) is 62.5 Å². The Morgan fingerprint density at radius 1 is 0.947 bits per heavy atom. The molecule has 2 N–H and O–H groups in total. The Labute approximate surface area is 335 Å². The van der Waals surface area contributed by atoms with Crippen LogP contribution in [0.15, 0.2) is 85.2 Å². The molecule has 0 aliphatic heterocycles. The molecule has 0 atom stereocenters. The second kappa shape index (κ2) is 17.4. The van der Waals surface area contributed by atoms with E-state index in [4.69, 9.17) is 25.8 Å². The standard InChI is InChI=1S/C44H44ClN5O7/c1-3-55-36-23-33(17-14-29(36)16-19-37(51)57-27-38(52)56-26-28-10-5-4-6-11-28)48-43(54)44(20-9-21-44)49-42(53)31-15-18-34-35(22-31)50(2)40(39(34)30-12-7-8-13-30)41-46-24-32(45)25-47-41/h4-6,10-11,14-19,22-25,30H,3,7-9,12-13,20-21,26-27H2,1-2H3,(H,48,54)(H,49,53)/b19-16+. The molecule has 294 valence electrons. The first kappa shape index (κ1) is 39.2. The van der Waals surface area contributed by atoms with E-state index in [0.29, 0.717) is 58.8 Å². The van der Waals surface area contributed by atoms with Gasteiger partial charge in [-0.25, -0.2) is 19.6 Å². The number of nitrogens with one attached hydrogen (secondary N) is 2. The van der Waals surface area contributed by atoms with Crippen LogP contribution < -0.4 is 15.4 Å². The number of ether oxygens (including phenoxy) is 3. The molecule has 2 amide bonds. The van der Waals surface area contributed by atoms with Crippen molar-refractivity contribution < 1.29 is 33.4 Å². The average Bonchev–Trinajstić information content (AvgIpc) is 3.84. The van der Waals surface area contributed by atoms with Crippen molar-refractivity contribution in [2.75, 3.05) is 18.5 Å². The highest BCUT2D eigenvalue weighted by molar-refractivity contribution is 6.30. The van der Waals surface area contributed by atoms with Crippen molar-refractivity contribution in [3.63, 3.8) is 0 Å². The molecule has 57 heavy (non-hydrogen) atoms. The zero-order valence-corrected chi connectivity index (χ0v) is 32.6. The number of aromatic nitrogens is 3. The molecule has 2 aliphatic carbocycles. The van der Waals surface area contributed by atoms with Gasteiger partial charge in [0.25, 0.3) is 5.91 Å². The fourth-order valence-corrected chi connectivity index (χ4v) is 7.66. The van der Waals surface area contributed by atoms with Crippen LogP contribution in [0.3, 0.4) is 0 Å². The summed E-state index contributed by atoms with van der Waals surface area (Å²) in [6, 6.07) is 19.9. The smallest absolute Gasteiger partial charge is 0.344 e. The van der Waals surface area contributed by atoms with Crippen LogP contribution in [0.2, 0.25) is 5.02 Å². The predicted molar refractivity (Wildman–Crippen MR) is 217 cm³/mol. The lowest BCUT2D eigenvalue weighted by molar-refractivity contribution is -0.157. The number of rotatable bonds is 14. The second-order valence-corrected chi connectivity index (χ2v) is 14.8. The van der Waals surface area contributed by atoms with Crippen LogP contribution in [0.4, 0.5) is 5.69 Å². The van der Waals surface area contributed by atoms with E-state index in [9.17, 15) is 19.2 Å². The fourth-order valence-electron chi connectivity index (χ4n) is 7.57. The number of hydrogen-bond donors (Lipinski definition) is 2. The Balaban J connectivity index is 1.02. The predicted octanol–water partition coefficient (Wildman–Crippen LogP) is 7.94. The van der Waals surface area contributed by atoms with E-state index >= 15 is 0 Å². The van der Waals surface area contributed by atoms with Crippen LogP contribution in [0.1, 0.15) is 84.8 Å². The summed E-state index contributed by atoms with van der Waals surface area (Å²) in [7, 11) is 1.97. The number of amides is 2. The second-order valence-electron chi connectivity index (χ2n) is 14.4. The maximum Gasteiger partial charge on any atom is 0.344 e. The maximum atomic E-state index is 13.9. The van der Waals surface area contributed by atoms with Gasteiger partial charge in [0.2, 0.25) is 5.91 Å². The Bertz CT molecular complexity index is 2310. The van der Waals surface area contributed by atoms with Gasteiger partial charge in [-0.2, -0.15) is 0 Å². The Hall–Kier alpha value is -6.01. The average molecular weight is 790 g/mol. The van der Waals surface area contributed by atoms with E-state index in [2.05, 4.69) is 25.2 Å². The zero-order valence-electron chi connectivity index (χ0n) is 31.9. The molecule has 12 nitrogen and oxygen atoms in total. The van der Waals surface area contributed by atoms with Gasteiger partial charge in [0.1, 0.15) is 17.9 Å². The molecule has 0 radical (unpaired) electrons. The summed E-state index contributed by atoms with van der Waals surface area (Å²) in [5, 5.41) is 7.54. The lowest BCUT2D eigenvalue weighted by Gasteiger charge is -2.40. The number of anilines is 1. The number of benzene rings is 3. The van der Waals surface area contributed by atoms with Gasteiger partial charge in [0.15, 0.2) is 12.4 Å². The molecule has 0 spiro atoms. The van der Waals surface area contributed by atoms with E-state index in [0.717, 1.165) is 54.3 Å². The summed E-state index contributed by atoms with van der Waals surface area (Å²) in [4.78, 5) is 61.2. The number of hydrogen-bond acceptors (Lipinski definition) is 9. The van der Waals surface area contributed by atoms with Gasteiger partial charge < -0.3 is 29.4 Å². The highest BCUT2D eigenvalue weighted by atomic mass is 35.5. The largest absolute Gasteiger partial charge is 0.493 e. The van der Waals surface area contributed by atoms with E-state index in [-0.39, 0.29) is 18.4 Å². The Kier molecular flexibility index (Phi) is 12.0. The first-order chi connectivity index (χ1) is 27.6. The van der Waals surface area contributed by atoms with Crippen LogP contribution in [0.5, 0.6) is 5.75 Å². The molecular weight excluding hydrogens is 746 g/mol. The normalized spacial score (nSPS) is 14.9. The third-order valence-corrected chi connectivity index (χ3v) is 10.8. The lowest BCUT2D eigenvalue weighted by atomic mass is 9.75. The molecule has 2 fully saturated rings. The Morgan fingerprint density at radius 2 is 1.70 bits per heavy atom. The first-order valence-corrected chi connectivity index (χ1v) is 19.6. The van der Waals surface area contributed by atoms with Crippen LogP contribution in [-0.4, -0.2) is 57.0 Å². The third kappa shape index (κ3) is 8.86. The molecule has 0 saturated heterocycles. The lowest BCUT2D eigenvalue weighted by Crippen LogP contribution is -2.61. The molecule has 2 saturated carbocycles. The molecule has 7 rings (SSSR count). The van der Waals surface area contributed by atoms with Gasteiger partial charge in [0, 0.05) is 59.3 Å². The number of nitrogens with zero attached hydrogens (tertiary/aromatic N) is 3. The van der Waals surface area contributed by atoms with Crippen molar-refractivity contribution in [3.05, 3.63) is 112 Å². The van der Waals surface area contributed by atoms with Crippen LogP contribution in [0.25, 0.3) is 28.5 Å². The zero-order chi connectivity index (χ0) is 39.9. The third-order valence-electron chi connectivity index (χ3n) is 10.6. The topological polar surface area (TPSA) is 151 Å². The van der Waals surface area contributed by atoms with Crippen molar-refractivity contribution in [1.82, 2.24) is 19.9 Å².